The Morgan fingerprint density at radius 3 is 0.646 bits per heavy atom. The van der Waals surface area contributed by atoms with Crippen LogP contribution in [0.25, 0.3) is 0 Å². The van der Waals surface area contributed by atoms with Gasteiger partial charge in [0.2, 0.25) is 0 Å². The van der Waals surface area contributed by atoms with E-state index in [0.29, 0.717) is 70.2 Å². The Hall–Kier alpha value is -2.34. The third-order valence-corrected chi connectivity index (χ3v) is 19.0. The van der Waals surface area contributed by atoms with E-state index < -0.39 is 0 Å². The number of morpholine rings is 1. The van der Waals surface area contributed by atoms with Crippen LogP contribution in [0.3, 0.4) is 0 Å². The smallest absolute Gasteiger partial charge is 0.133 e. The number of rotatable bonds is 40. The number of piperazine rings is 2. The van der Waals surface area contributed by atoms with Gasteiger partial charge in [-0.2, -0.15) is 0 Å². The van der Waals surface area contributed by atoms with Crippen molar-refractivity contribution < 1.29 is 33.5 Å². The van der Waals surface area contributed by atoms with Gasteiger partial charge in [0.15, 0.2) is 0 Å². The molecule has 15 heteroatoms. The molecular formula is C81H158N8O7. The van der Waals surface area contributed by atoms with Crippen LogP contribution in [0.2, 0.25) is 0 Å². The van der Waals surface area contributed by atoms with Gasteiger partial charge in [0.25, 0.3) is 0 Å². The molecule has 0 aliphatic carbocycles. The topological polar surface area (TPSA) is 138 Å². The lowest BCUT2D eigenvalue weighted by atomic mass is 10.0. The second-order valence-corrected chi connectivity index (χ2v) is 32.3. The fourth-order valence-electron chi connectivity index (χ4n) is 13.5. The second kappa shape index (κ2) is 60.3. The molecule has 0 aromatic heterocycles. The highest BCUT2D eigenvalue weighted by molar-refractivity contribution is 5.80. The van der Waals surface area contributed by atoms with Gasteiger partial charge in [0.05, 0.1) is 13.2 Å². The van der Waals surface area contributed by atoms with Crippen molar-refractivity contribution in [2.75, 3.05) is 171 Å². The maximum absolute atomic E-state index is 11.5. The Kier molecular flexibility index (Phi) is 57.5. The van der Waals surface area contributed by atoms with Gasteiger partial charge in [-0.05, 0) is 231 Å². The van der Waals surface area contributed by atoms with Gasteiger partial charge in [0, 0.05) is 142 Å². The summed E-state index contributed by atoms with van der Waals surface area (Å²) in [5.41, 5.74) is 0. The molecule has 0 aromatic carbocycles. The van der Waals surface area contributed by atoms with Crippen LogP contribution < -0.4 is 0 Å². The molecular weight excluding hydrogens is 1200 g/mol. The van der Waals surface area contributed by atoms with Crippen molar-refractivity contribution in [3.8, 4) is 0 Å². The zero-order valence-corrected chi connectivity index (χ0v) is 65.8. The molecule has 0 bridgehead atoms. The number of nitrogens with zero attached hydrogens (tertiary/aromatic N) is 8. The van der Waals surface area contributed by atoms with E-state index in [4.69, 9.17) is 4.74 Å². The number of carbonyl (C=O) groups excluding carboxylic acids is 6. The standard InChI is InChI=1S/C14H28N2O.2C14H27NO.C13H26N2O.C13H25NO2.C13H25NO/c1-13(2)12-14(17)6-4-5-7-16-10-8-15(3)9-11-16;2*1-13(2)12-14(16)8-4-7-11-15-9-5-3-6-10-15;1-12(2)11-13(16)5-4-6-15-9-7-14(3)8-10-15;1-12(2)11-13(15)5-3-4-6-14-7-9-16-10-8-14;1-12(2)11-13(15)7-6-10-14-8-4-3-5-9-14/h13H,4-12H2,1-3H3;2*13H,3-12H2,1-2H3;12H,4-11H2,1-3H3;12H,3-11H2,1-2H3;12H,3-11H2,1-2H3. The first-order valence-electron chi connectivity index (χ1n) is 40.3. The molecule has 96 heavy (non-hydrogen) atoms. The van der Waals surface area contributed by atoms with Crippen LogP contribution in [0.15, 0.2) is 0 Å². The molecule has 6 saturated heterocycles. The Bertz CT molecular complexity index is 1790. The lowest BCUT2D eigenvalue weighted by Gasteiger charge is -2.32. The monoisotopic (exact) mass is 1360 g/mol. The Labute approximate surface area is 593 Å². The van der Waals surface area contributed by atoms with Crippen molar-refractivity contribution in [3.63, 3.8) is 0 Å². The number of likely N-dealkylation sites (tertiary alicyclic amines) is 3. The van der Waals surface area contributed by atoms with Crippen molar-refractivity contribution in [2.45, 2.75) is 282 Å². The fraction of sp³-hybridized carbons (Fsp3) is 0.926. The van der Waals surface area contributed by atoms with Gasteiger partial charge < -0.3 is 39.0 Å². The van der Waals surface area contributed by atoms with Crippen LogP contribution >= 0.6 is 0 Å². The lowest BCUT2D eigenvalue weighted by Crippen LogP contribution is -2.44. The summed E-state index contributed by atoms with van der Waals surface area (Å²) in [6.07, 6.45) is 32.7. The summed E-state index contributed by atoms with van der Waals surface area (Å²) < 4.78 is 5.29. The number of unbranched alkanes of at least 4 members (excludes halogenated alkanes) is 4. The highest BCUT2D eigenvalue weighted by atomic mass is 16.5. The van der Waals surface area contributed by atoms with E-state index in [1.54, 1.807) is 0 Å². The van der Waals surface area contributed by atoms with E-state index in [1.807, 2.05) is 0 Å². The largest absolute Gasteiger partial charge is 0.379 e. The molecule has 6 heterocycles. The average molecular weight is 1360 g/mol. The molecule has 564 valence electrons. The molecule has 6 aliphatic heterocycles. The lowest BCUT2D eigenvalue weighted by molar-refractivity contribution is -0.120. The van der Waals surface area contributed by atoms with Crippen molar-refractivity contribution in [1.82, 2.24) is 39.2 Å². The van der Waals surface area contributed by atoms with E-state index in [2.05, 4.69) is 136 Å². The number of ketones is 6. The normalized spacial score (nSPS) is 18.4. The summed E-state index contributed by atoms with van der Waals surface area (Å²) in [6.45, 7) is 53.1. The molecule has 0 unspecified atom stereocenters. The molecule has 6 aliphatic rings. The molecule has 6 rings (SSSR count). The maximum atomic E-state index is 11.5. The fourth-order valence-corrected chi connectivity index (χ4v) is 13.5. The molecule has 0 saturated carbocycles. The van der Waals surface area contributed by atoms with Crippen molar-refractivity contribution in [1.29, 1.82) is 0 Å². The first-order chi connectivity index (χ1) is 45.9. The predicted octanol–water partition coefficient (Wildman–Crippen LogP) is 15.1. The molecule has 15 nitrogen and oxygen atoms in total. The van der Waals surface area contributed by atoms with E-state index in [1.165, 1.54) is 175 Å². The third kappa shape index (κ3) is 58.3. The van der Waals surface area contributed by atoms with E-state index in [0.717, 1.165) is 181 Å². The van der Waals surface area contributed by atoms with Gasteiger partial charge in [0.1, 0.15) is 34.7 Å². The van der Waals surface area contributed by atoms with Crippen LogP contribution in [0.4, 0.5) is 0 Å². The SMILES string of the molecule is CC(C)CC(=O)CCCCN1CCCCC1.CC(C)CC(=O)CCCCN1CCCCC1.CC(C)CC(=O)CCCCN1CCN(C)CC1.CC(C)CC(=O)CCCCN1CCOCC1.CC(C)CC(=O)CCCN1CCCCC1.CC(C)CC(=O)CCCN1CCN(C)CC1. The summed E-state index contributed by atoms with van der Waals surface area (Å²) in [7, 11) is 4.35. The highest BCUT2D eigenvalue weighted by Gasteiger charge is 2.18. The number of piperidine rings is 3. The Morgan fingerprint density at radius 2 is 0.427 bits per heavy atom. The summed E-state index contributed by atoms with van der Waals surface area (Å²) in [5.74, 6) is 5.75. The van der Waals surface area contributed by atoms with E-state index >= 15 is 0 Å². The van der Waals surface area contributed by atoms with Crippen molar-refractivity contribution in [2.24, 2.45) is 35.5 Å². The minimum atomic E-state index is 0.428. The molecule has 0 atom stereocenters. The number of carbonyl (C=O) groups is 6. The van der Waals surface area contributed by atoms with Crippen LogP contribution in [0.1, 0.15) is 282 Å². The number of ether oxygens (including phenoxy) is 1. The van der Waals surface area contributed by atoms with Crippen LogP contribution in [-0.4, -0.2) is 245 Å². The number of hydrogen-bond donors (Lipinski definition) is 0. The van der Waals surface area contributed by atoms with Gasteiger partial charge >= 0.3 is 0 Å². The first-order valence-corrected chi connectivity index (χ1v) is 40.3. The summed E-state index contributed by atoms with van der Waals surface area (Å²) in [4.78, 5) is 88.7. The Balaban J connectivity index is 0.000000576. The van der Waals surface area contributed by atoms with Gasteiger partial charge in [-0.1, -0.05) is 102 Å². The number of hydrogen-bond acceptors (Lipinski definition) is 15. The summed E-state index contributed by atoms with van der Waals surface area (Å²) in [6, 6.07) is 0. The third-order valence-electron chi connectivity index (χ3n) is 19.0. The van der Waals surface area contributed by atoms with Gasteiger partial charge in [-0.25, -0.2) is 0 Å². The Morgan fingerprint density at radius 1 is 0.240 bits per heavy atom. The van der Waals surface area contributed by atoms with Crippen LogP contribution in [0.5, 0.6) is 0 Å². The maximum Gasteiger partial charge on any atom is 0.133 e. The second-order valence-electron chi connectivity index (χ2n) is 32.3. The van der Waals surface area contributed by atoms with Crippen molar-refractivity contribution >= 4 is 34.7 Å². The van der Waals surface area contributed by atoms with E-state index in [-0.39, 0.29) is 0 Å². The molecule has 0 amide bonds. The molecule has 0 N–H and O–H groups in total. The minimum absolute atomic E-state index is 0.428. The zero-order valence-electron chi connectivity index (χ0n) is 65.8. The number of likely N-dealkylation sites (N-methyl/N-ethyl adjacent to an activating group) is 2. The highest BCUT2D eigenvalue weighted by Crippen LogP contribution is 2.16. The van der Waals surface area contributed by atoms with Crippen molar-refractivity contribution in [3.05, 3.63) is 0 Å². The predicted molar refractivity (Wildman–Crippen MR) is 407 cm³/mol. The molecule has 0 spiro atoms. The summed E-state index contributed by atoms with van der Waals surface area (Å²) in [5, 5.41) is 0. The summed E-state index contributed by atoms with van der Waals surface area (Å²) >= 11 is 0. The minimum Gasteiger partial charge on any atom is -0.379 e. The van der Waals surface area contributed by atoms with Gasteiger partial charge in [-0.3, -0.25) is 33.7 Å². The van der Waals surface area contributed by atoms with Crippen LogP contribution in [-0.2, 0) is 33.5 Å². The molecule has 6 fully saturated rings. The first kappa shape index (κ1) is 91.7. The van der Waals surface area contributed by atoms with Crippen LogP contribution in [0, 0.1) is 35.5 Å². The molecule has 0 radical (unpaired) electrons. The number of Topliss-reactive ketones (excluding diaryl/α,β-unsaturated/α-hetero) is 6. The molecule has 0 aromatic rings. The quantitative estimate of drug-likeness (QED) is 0.0538. The van der Waals surface area contributed by atoms with E-state index in [9.17, 15) is 28.8 Å². The van der Waals surface area contributed by atoms with Gasteiger partial charge in [-0.15, -0.1) is 0 Å². The zero-order chi connectivity index (χ0) is 71.1. The average Bonchev–Trinajstić information content (AvgIpc) is 2.07.